The maximum Gasteiger partial charge on any atom is 0.331 e. The Morgan fingerprint density at radius 3 is 2.37 bits per heavy atom. The lowest BCUT2D eigenvalue weighted by Gasteiger charge is -2.16. The second kappa shape index (κ2) is 5.00. The molecule has 0 aromatic heterocycles. The Morgan fingerprint density at radius 2 is 1.79 bits per heavy atom. The van der Waals surface area contributed by atoms with Crippen molar-refractivity contribution in [3.05, 3.63) is 30.3 Å². The van der Waals surface area contributed by atoms with E-state index in [0.717, 1.165) is 11.2 Å². The Hall–Kier alpha value is -1.89. The number of carbonyl (C=O) groups excluding carboxylic acids is 2. The highest BCUT2D eigenvalue weighted by atomic mass is 32.2. The van der Waals surface area contributed by atoms with Crippen LogP contribution in [-0.2, 0) is 14.6 Å². The average molecular weight is 282 g/mol. The molecule has 0 aliphatic carbocycles. The highest BCUT2D eigenvalue weighted by molar-refractivity contribution is 7.90. The molecule has 0 spiro atoms. The van der Waals surface area contributed by atoms with Crippen LogP contribution in [0.4, 0.5) is 10.5 Å². The smallest absolute Gasteiger partial charge is 0.285 e. The molecule has 0 N–H and O–H groups in total. The highest BCUT2D eigenvalue weighted by Crippen LogP contribution is 2.20. The molecular weight excluding hydrogens is 268 g/mol. The van der Waals surface area contributed by atoms with Gasteiger partial charge in [0, 0.05) is 18.5 Å². The van der Waals surface area contributed by atoms with Crippen molar-refractivity contribution in [1.82, 2.24) is 4.90 Å². The first-order valence-electron chi connectivity index (χ1n) is 5.73. The molecule has 7 heteroatoms. The molecule has 0 saturated carbocycles. The predicted molar refractivity (Wildman–Crippen MR) is 70.6 cm³/mol. The minimum absolute atomic E-state index is 0.0490. The first kappa shape index (κ1) is 13.5. The second-order valence-corrected chi connectivity index (χ2v) is 6.64. The van der Waals surface area contributed by atoms with E-state index < -0.39 is 15.9 Å². The first-order valence-corrected chi connectivity index (χ1v) is 7.79. The Kier molecular flexibility index (Phi) is 3.57. The summed E-state index contributed by atoms with van der Waals surface area (Å²) in [6, 6.07) is 8.34. The third kappa shape index (κ3) is 3.11. The van der Waals surface area contributed by atoms with E-state index >= 15 is 0 Å². The van der Waals surface area contributed by atoms with Crippen LogP contribution < -0.4 is 4.90 Å². The summed E-state index contributed by atoms with van der Waals surface area (Å²) < 4.78 is 22.2. The zero-order valence-corrected chi connectivity index (χ0v) is 11.3. The average Bonchev–Trinajstić information content (AvgIpc) is 2.63. The lowest BCUT2D eigenvalue weighted by molar-refractivity contribution is -0.124. The van der Waals surface area contributed by atoms with Crippen molar-refractivity contribution in [2.45, 2.75) is 0 Å². The fourth-order valence-electron chi connectivity index (χ4n) is 1.83. The summed E-state index contributed by atoms with van der Waals surface area (Å²) >= 11 is 0. The molecule has 1 aromatic rings. The van der Waals surface area contributed by atoms with Gasteiger partial charge in [0.25, 0.3) is 5.91 Å². The third-order valence-electron chi connectivity index (χ3n) is 2.81. The maximum atomic E-state index is 12.1. The van der Waals surface area contributed by atoms with E-state index in [1.54, 1.807) is 24.3 Å². The van der Waals surface area contributed by atoms with Crippen LogP contribution in [0.25, 0.3) is 0 Å². The number of rotatable bonds is 4. The number of carbonyl (C=O) groups is 2. The number of para-hydroxylation sites is 1. The number of hydrogen-bond acceptors (Lipinski definition) is 4. The Balaban J connectivity index is 2.13. The topological polar surface area (TPSA) is 74.8 Å². The van der Waals surface area contributed by atoms with Gasteiger partial charge in [-0.3, -0.25) is 14.6 Å². The molecule has 1 aromatic carbocycles. The van der Waals surface area contributed by atoms with Gasteiger partial charge in [-0.25, -0.2) is 13.2 Å². The van der Waals surface area contributed by atoms with Crippen LogP contribution in [0, 0.1) is 0 Å². The standard InChI is InChI=1S/C12H14N2O4S/c1-19(17,18)8-7-13-11(15)9-14(12(13)16)10-5-3-2-4-6-10/h2-6H,7-9H2,1H3. The maximum absolute atomic E-state index is 12.1. The Morgan fingerprint density at radius 1 is 1.16 bits per heavy atom. The second-order valence-electron chi connectivity index (χ2n) is 4.38. The lowest BCUT2D eigenvalue weighted by atomic mass is 10.3. The van der Waals surface area contributed by atoms with Gasteiger partial charge in [-0.05, 0) is 12.1 Å². The summed E-state index contributed by atoms with van der Waals surface area (Å²) in [5.74, 6) is -0.592. The minimum atomic E-state index is -3.21. The number of nitrogens with zero attached hydrogens (tertiary/aromatic N) is 2. The van der Waals surface area contributed by atoms with Crippen molar-refractivity contribution < 1.29 is 18.0 Å². The van der Waals surface area contributed by atoms with Gasteiger partial charge < -0.3 is 0 Å². The fourth-order valence-corrected chi connectivity index (χ4v) is 2.34. The van der Waals surface area contributed by atoms with E-state index in [4.69, 9.17) is 0 Å². The van der Waals surface area contributed by atoms with E-state index in [9.17, 15) is 18.0 Å². The van der Waals surface area contributed by atoms with Crippen LogP contribution in [0.3, 0.4) is 0 Å². The van der Waals surface area contributed by atoms with E-state index in [1.165, 1.54) is 4.90 Å². The van der Waals surface area contributed by atoms with Crippen molar-refractivity contribution in [2.24, 2.45) is 0 Å². The molecule has 1 aliphatic heterocycles. The number of urea groups is 1. The normalized spacial score (nSPS) is 16.3. The Bertz CT molecular complexity index is 597. The molecule has 6 nitrogen and oxygen atoms in total. The molecule has 1 aliphatic rings. The SMILES string of the molecule is CS(=O)(=O)CCN1C(=O)CN(c2ccccc2)C1=O. The van der Waals surface area contributed by atoms with Gasteiger partial charge in [-0.1, -0.05) is 18.2 Å². The lowest BCUT2D eigenvalue weighted by Crippen LogP contribution is -2.36. The minimum Gasteiger partial charge on any atom is -0.285 e. The molecular formula is C12H14N2O4S. The van der Waals surface area contributed by atoms with Gasteiger partial charge in [0.15, 0.2) is 0 Å². The zero-order chi connectivity index (χ0) is 14.0. The van der Waals surface area contributed by atoms with E-state index in [0.29, 0.717) is 5.69 Å². The van der Waals surface area contributed by atoms with Crippen LogP contribution in [-0.4, -0.2) is 50.4 Å². The number of anilines is 1. The van der Waals surface area contributed by atoms with E-state index in [2.05, 4.69) is 0 Å². The summed E-state index contributed by atoms with van der Waals surface area (Å²) in [4.78, 5) is 26.1. The van der Waals surface area contributed by atoms with Crippen molar-refractivity contribution in [3.63, 3.8) is 0 Å². The van der Waals surface area contributed by atoms with E-state index in [1.807, 2.05) is 6.07 Å². The van der Waals surface area contributed by atoms with Gasteiger partial charge in [0.1, 0.15) is 16.4 Å². The molecule has 19 heavy (non-hydrogen) atoms. The monoisotopic (exact) mass is 282 g/mol. The van der Waals surface area contributed by atoms with Crippen LogP contribution in [0.5, 0.6) is 0 Å². The van der Waals surface area contributed by atoms with Gasteiger partial charge >= 0.3 is 6.03 Å². The summed E-state index contributed by atoms with van der Waals surface area (Å²) in [7, 11) is -3.21. The van der Waals surface area contributed by atoms with Crippen molar-refractivity contribution in [2.75, 3.05) is 30.0 Å². The highest BCUT2D eigenvalue weighted by Gasteiger charge is 2.36. The Labute approximate surface area is 111 Å². The molecule has 1 heterocycles. The molecule has 2 rings (SSSR count). The molecule has 1 saturated heterocycles. The predicted octanol–water partition coefficient (Wildman–Crippen LogP) is 0.500. The zero-order valence-electron chi connectivity index (χ0n) is 10.4. The van der Waals surface area contributed by atoms with Crippen molar-refractivity contribution in [3.8, 4) is 0 Å². The van der Waals surface area contributed by atoms with Gasteiger partial charge in [0.2, 0.25) is 0 Å². The molecule has 1 fully saturated rings. The number of benzene rings is 1. The molecule has 0 unspecified atom stereocenters. The number of amides is 3. The first-order chi connectivity index (χ1) is 8.88. The number of hydrogen-bond donors (Lipinski definition) is 0. The summed E-state index contributed by atoms with van der Waals surface area (Å²) in [5.41, 5.74) is 0.628. The summed E-state index contributed by atoms with van der Waals surface area (Å²) in [6.07, 6.45) is 1.08. The largest absolute Gasteiger partial charge is 0.331 e. The van der Waals surface area contributed by atoms with Crippen molar-refractivity contribution >= 4 is 27.5 Å². The molecule has 0 radical (unpaired) electrons. The van der Waals surface area contributed by atoms with Crippen molar-refractivity contribution in [1.29, 1.82) is 0 Å². The summed E-state index contributed by atoms with van der Waals surface area (Å²) in [6.45, 7) is -0.146. The van der Waals surface area contributed by atoms with Crippen LogP contribution in [0.1, 0.15) is 0 Å². The molecule has 3 amide bonds. The van der Waals surface area contributed by atoms with Gasteiger partial charge in [-0.15, -0.1) is 0 Å². The molecule has 102 valence electrons. The molecule has 0 atom stereocenters. The number of imide groups is 1. The third-order valence-corrected chi connectivity index (χ3v) is 3.73. The number of sulfone groups is 1. The van der Waals surface area contributed by atoms with Crippen LogP contribution in [0.2, 0.25) is 0 Å². The van der Waals surface area contributed by atoms with Gasteiger partial charge in [-0.2, -0.15) is 0 Å². The molecule has 0 bridgehead atoms. The van der Waals surface area contributed by atoms with Crippen LogP contribution >= 0.6 is 0 Å². The summed E-state index contributed by atoms with van der Waals surface area (Å²) in [5, 5.41) is 0. The van der Waals surface area contributed by atoms with Crippen LogP contribution in [0.15, 0.2) is 30.3 Å². The quantitative estimate of drug-likeness (QED) is 0.754. The van der Waals surface area contributed by atoms with E-state index in [-0.39, 0.29) is 24.7 Å². The van der Waals surface area contributed by atoms with Gasteiger partial charge in [0.05, 0.1) is 5.75 Å². The fraction of sp³-hybridized carbons (Fsp3) is 0.333.